The van der Waals surface area contributed by atoms with Crippen molar-refractivity contribution in [2.45, 2.75) is 46.1 Å². The fourth-order valence-corrected chi connectivity index (χ4v) is 4.91. The Balaban J connectivity index is 1.73. The van der Waals surface area contributed by atoms with Crippen LogP contribution in [0, 0.1) is 22.0 Å². The number of nitrogens with zero attached hydrogens (tertiary/aromatic N) is 2. The van der Waals surface area contributed by atoms with Crippen molar-refractivity contribution in [3.8, 4) is 11.5 Å². The molecular weight excluding hydrogens is 422 g/mol. The van der Waals surface area contributed by atoms with Gasteiger partial charge in [0, 0.05) is 18.8 Å². The van der Waals surface area contributed by atoms with E-state index in [1.54, 1.807) is 6.07 Å². The van der Waals surface area contributed by atoms with Crippen molar-refractivity contribution in [1.82, 2.24) is 4.90 Å². The van der Waals surface area contributed by atoms with Gasteiger partial charge in [-0.25, -0.2) is 0 Å². The molecule has 2 aromatic carbocycles. The lowest BCUT2D eigenvalue weighted by Crippen LogP contribution is -2.45. The summed E-state index contributed by atoms with van der Waals surface area (Å²) in [5.41, 5.74) is 2.02. The highest BCUT2D eigenvalue weighted by molar-refractivity contribution is 5.96. The van der Waals surface area contributed by atoms with Crippen molar-refractivity contribution in [1.29, 1.82) is 0 Å². The Morgan fingerprint density at radius 1 is 1.09 bits per heavy atom. The second-order valence-electron chi connectivity index (χ2n) is 9.59. The van der Waals surface area contributed by atoms with Gasteiger partial charge in [0.05, 0.1) is 16.6 Å². The summed E-state index contributed by atoms with van der Waals surface area (Å²) in [6, 6.07) is 9.87. The fraction of sp³-hybridized carbons (Fsp3) is 0.480. The van der Waals surface area contributed by atoms with Gasteiger partial charge in [0.15, 0.2) is 11.5 Å². The summed E-state index contributed by atoms with van der Waals surface area (Å²) in [6.45, 7) is 9.89. The van der Waals surface area contributed by atoms with Gasteiger partial charge in [-0.15, -0.1) is 0 Å². The number of rotatable bonds is 6. The van der Waals surface area contributed by atoms with Crippen LogP contribution in [0.2, 0.25) is 0 Å². The number of amides is 1. The zero-order valence-corrected chi connectivity index (χ0v) is 19.5. The molecule has 1 fully saturated rings. The molecule has 2 aliphatic heterocycles. The number of hydrogen-bond donors (Lipinski definition) is 1. The van der Waals surface area contributed by atoms with Crippen LogP contribution in [0.1, 0.15) is 57.2 Å². The number of carbonyl (C=O) groups excluding carboxylic acids is 1. The molecule has 0 saturated carbocycles. The number of nitro groups is 1. The number of carbonyl (C=O) groups is 1. The summed E-state index contributed by atoms with van der Waals surface area (Å²) in [5.74, 6) is 1.60. The average molecular weight is 454 g/mol. The molecule has 8 nitrogen and oxygen atoms in total. The van der Waals surface area contributed by atoms with Gasteiger partial charge in [0.2, 0.25) is 12.7 Å². The van der Waals surface area contributed by atoms with Crippen LogP contribution in [0.25, 0.3) is 0 Å². The van der Waals surface area contributed by atoms with Gasteiger partial charge in [-0.1, -0.05) is 39.8 Å². The van der Waals surface area contributed by atoms with Gasteiger partial charge in [0.1, 0.15) is 6.04 Å². The Hall–Kier alpha value is -3.13. The lowest BCUT2D eigenvalue weighted by Gasteiger charge is -2.39. The third kappa shape index (κ3) is 4.95. The summed E-state index contributed by atoms with van der Waals surface area (Å²) in [5, 5.41) is 15.0. The van der Waals surface area contributed by atoms with Gasteiger partial charge in [-0.3, -0.25) is 19.8 Å². The first-order valence-corrected chi connectivity index (χ1v) is 11.5. The van der Waals surface area contributed by atoms with E-state index < -0.39 is 11.0 Å². The summed E-state index contributed by atoms with van der Waals surface area (Å²) in [6.07, 6.45) is 1.06. The van der Waals surface area contributed by atoms with Gasteiger partial charge < -0.3 is 14.8 Å². The number of likely N-dealkylation sites (tertiary alicyclic amines) is 1. The normalized spacial score (nSPS) is 21.1. The van der Waals surface area contributed by atoms with Crippen LogP contribution in [0.3, 0.4) is 0 Å². The average Bonchev–Trinajstić information content (AvgIpc) is 3.20. The highest BCUT2D eigenvalue weighted by Gasteiger charge is 2.38. The molecule has 0 unspecified atom stereocenters. The second kappa shape index (κ2) is 9.39. The van der Waals surface area contributed by atoms with E-state index in [4.69, 9.17) is 9.47 Å². The highest BCUT2D eigenvalue weighted by Crippen LogP contribution is 2.43. The van der Waals surface area contributed by atoms with E-state index in [0.29, 0.717) is 53.6 Å². The first kappa shape index (κ1) is 23.0. The van der Waals surface area contributed by atoms with E-state index in [0.717, 1.165) is 6.42 Å². The number of benzene rings is 2. The largest absolute Gasteiger partial charge is 0.454 e. The minimum absolute atomic E-state index is 0.00673. The van der Waals surface area contributed by atoms with Crippen LogP contribution in [-0.4, -0.2) is 35.6 Å². The van der Waals surface area contributed by atoms with Crippen LogP contribution in [0.15, 0.2) is 36.4 Å². The molecule has 3 atom stereocenters. The van der Waals surface area contributed by atoms with E-state index in [1.165, 1.54) is 11.6 Å². The highest BCUT2D eigenvalue weighted by atomic mass is 16.7. The van der Waals surface area contributed by atoms with Crippen LogP contribution in [-0.2, 0) is 4.79 Å². The summed E-state index contributed by atoms with van der Waals surface area (Å²) in [7, 11) is 0. The molecule has 2 aliphatic rings. The molecule has 2 heterocycles. The quantitative estimate of drug-likeness (QED) is 0.483. The van der Waals surface area contributed by atoms with Crippen molar-refractivity contribution >= 4 is 17.3 Å². The Morgan fingerprint density at radius 3 is 2.27 bits per heavy atom. The summed E-state index contributed by atoms with van der Waals surface area (Å²) < 4.78 is 10.8. The lowest BCUT2D eigenvalue weighted by molar-refractivity contribution is -0.386. The number of nitrogens with one attached hydrogen (secondary N) is 1. The predicted molar refractivity (Wildman–Crippen MR) is 126 cm³/mol. The zero-order chi connectivity index (χ0) is 23.7. The minimum Gasteiger partial charge on any atom is -0.454 e. The van der Waals surface area contributed by atoms with Crippen molar-refractivity contribution in [3.63, 3.8) is 0 Å². The number of hydrogen-bond acceptors (Lipinski definition) is 6. The number of nitro benzene ring substituents is 1. The fourth-order valence-electron chi connectivity index (χ4n) is 4.91. The Bertz CT molecular complexity index is 1030. The van der Waals surface area contributed by atoms with E-state index >= 15 is 0 Å². The van der Waals surface area contributed by atoms with Crippen molar-refractivity contribution < 1.29 is 19.2 Å². The monoisotopic (exact) mass is 453 g/mol. The molecule has 1 amide bonds. The molecule has 0 radical (unpaired) electrons. The molecule has 176 valence electrons. The van der Waals surface area contributed by atoms with Crippen molar-refractivity contribution in [3.05, 3.63) is 57.6 Å². The number of piperidine rings is 1. The van der Waals surface area contributed by atoms with E-state index in [-0.39, 0.29) is 18.4 Å². The molecule has 2 aromatic rings. The van der Waals surface area contributed by atoms with E-state index in [9.17, 15) is 14.9 Å². The molecule has 33 heavy (non-hydrogen) atoms. The second-order valence-corrected chi connectivity index (χ2v) is 9.59. The summed E-state index contributed by atoms with van der Waals surface area (Å²) >= 11 is 0. The van der Waals surface area contributed by atoms with Crippen LogP contribution >= 0.6 is 0 Å². The minimum atomic E-state index is -0.824. The predicted octanol–water partition coefficient (Wildman–Crippen LogP) is 5.10. The van der Waals surface area contributed by atoms with Crippen molar-refractivity contribution in [2.75, 3.05) is 25.2 Å². The molecule has 0 spiro atoms. The van der Waals surface area contributed by atoms with Gasteiger partial charge in [-0.05, 0) is 47.9 Å². The standard InChI is InChI=1S/C25H31N3O5/c1-15(2)18-5-7-19(8-6-18)26-25(29)24(27-12-16(3)9-17(4)13-27)20-10-22-23(33-14-32-22)11-21(20)28(30)31/h5-8,10-11,15-17,24H,9,12-14H2,1-4H3,(H,26,29)/t16-,17-,24+/m1/s1. The maximum Gasteiger partial charge on any atom is 0.278 e. The number of ether oxygens (including phenoxy) is 2. The van der Waals surface area contributed by atoms with Gasteiger partial charge in [0.25, 0.3) is 5.69 Å². The first-order chi connectivity index (χ1) is 15.7. The molecule has 0 aromatic heterocycles. The third-order valence-electron chi connectivity index (χ3n) is 6.37. The van der Waals surface area contributed by atoms with E-state index in [2.05, 4.69) is 37.9 Å². The van der Waals surface area contributed by atoms with Crippen LogP contribution in [0.5, 0.6) is 11.5 Å². The van der Waals surface area contributed by atoms with Crippen LogP contribution in [0.4, 0.5) is 11.4 Å². The maximum atomic E-state index is 13.7. The van der Waals surface area contributed by atoms with Crippen LogP contribution < -0.4 is 14.8 Å². The molecule has 8 heteroatoms. The smallest absolute Gasteiger partial charge is 0.278 e. The molecule has 0 aliphatic carbocycles. The van der Waals surface area contributed by atoms with Crippen molar-refractivity contribution in [2.24, 2.45) is 11.8 Å². The third-order valence-corrected chi connectivity index (χ3v) is 6.37. The lowest BCUT2D eigenvalue weighted by atomic mass is 9.89. The number of anilines is 1. The number of fused-ring (bicyclic) bond motifs is 1. The zero-order valence-electron chi connectivity index (χ0n) is 19.5. The molecular formula is C25H31N3O5. The van der Waals surface area contributed by atoms with Gasteiger partial charge >= 0.3 is 0 Å². The Kier molecular flexibility index (Phi) is 6.56. The molecule has 1 N–H and O–H groups in total. The Labute approximate surface area is 194 Å². The van der Waals surface area contributed by atoms with Gasteiger partial charge in [-0.2, -0.15) is 0 Å². The molecule has 1 saturated heterocycles. The maximum absolute atomic E-state index is 13.7. The topological polar surface area (TPSA) is 93.9 Å². The molecule has 4 rings (SSSR count). The SMILES string of the molecule is CC(C)c1ccc(NC(=O)[C@H](c2cc3c(cc2[N+](=O)[O-])OCO3)N2C[C@H](C)C[C@@H](C)C2)cc1. The Morgan fingerprint density at radius 2 is 1.70 bits per heavy atom. The first-order valence-electron chi connectivity index (χ1n) is 11.5. The summed E-state index contributed by atoms with van der Waals surface area (Å²) in [4.78, 5) is 27.3. The molecule has 0 bridgehead atoms. The van der Waals surface area contributed by atoms with E-state index in [1.807, 2.05) is 24.3 Å².